The van der Waals surface area contributed by atoms with Crippen LogP contribution in [-0.2, 0) is 9.59 Å². The summed E-state index contributed by atoms with van der Waals surface area (Å²) in [7, 11) is 0. The normalized spacial score (nSPS) is 21.3. The minimum atomic E-state index is -1.06. The molecule has 0 radical (unpaired) electrons. The molecule has 2 fully saturated rings. The number of hydrogen-bond acceptors (Lipinski definition) is 4. The minimum absolute atomic E-state index is 0.300. The van der Waals surface area contributed by atoms with Crippen molar-refractivity contribution in [2.45, 2.75) is 31.7 Å². The van der Waals surface area contributed by atoms with Gasteiger partial charge in [-0.15, -0.1) is 0 Å². The molecule has 2 heterocycles. The number of carbonyl (C=O) groups excluding carboxylic acids is 1. The molecule has 22 heavy (non-hydrogen) atoms. The predicted molar refractivity (Wildman–Crippen MR) is 89.5 cm³/mol. The van der Waals surface area contributed by atoms with Crippen molar-refractivity contribution in [3.63, 3.8) is 0 Å². The number of carbonyl (C=O) groups is 2. The van der Waals surface area contributed by atoms with Gasteiger partial charge in [-0.3, -0.25) is 14.5 Å². The van der Waals surface area contributed by atoms with Crippen molar-refractivity contribution in [2.24, 2.45) is 0 Å². The number of aliphatic carboxylic acids is 1. The molecule has 1 aliphatic carbocycles. The first-order chi connectivity index (χ1) is 10.5. The molecule has 1 N–H and O–H groups in total. The Morgan fingerprint density at radius 1 is 1.45 bits per heavy atom. The molecule has 116 valence electrons. The summed E-state index contributed by atoms with van der Waals surface area (Å²) in [6.07, 6.45) is 10.8. The summed E-state index contributed by atoms with van der Waals surface area (Å²) in [5.74, 6) is -1.39. The van der Waals surface area contributed by atoms with Crippen molar-refractivity contribution in [3.8, 4) is 0 Å². The van der Waals surface area contributed by atoms with Gasteiger partial charge < -0.3 is 9.67 Å². The Hall–Kier alpha value is -1.60. The maximum atomic E-state index is 12.2. The van der Waals surface area contributed by atoms with E-state index in [1.54, 1.807) is 6.08 Å². The van der Waals surface area contributed by atoms with Gasteiger partial charge in [0.1, 0.15) is 10.9 Å². The summed E-state index contributed by atoms with van der Waals surface area (Å²) >= 11 is 6.24. The van der Waals surface area contributed by atoms with E-state index < -0.39 is 5.97 Å². The second-order valence-electron chi connectivity index (χ2n) is 5.49. The highest BCUT2D eigenvalue weighted by atomic mass is 32.2. The lowest BCUT2D eigenvalue weighted by Crippen LogP contribution is -2.33. The van der Waals surface area contributed by atoms with Gasteiger partial charge in [0.25, 0.3) is 5.91 Å². The van der Waals surface area contributed by atoms with E-state index in [1.165, 1.54) is 25.7 Å². The minimum Gasteiger partial charge on any atom is -0.480 e. The summed E-state index contributed by atoms with van der Waals surface area (Å²) in [6.45, 7) is -0.384. The number of hydrogen-bond donors (Lipinski definition) is 1. The summed E-state index contributed by atoms with van der Waals surface area (Å²) in [6, 6.07) is 2.53. The molecule has 1 saturated carbocycles. The largest absolute Gasteiger partial charge is 0.480 e. The fourth-order valence-electron chi connectivity index (χ4n) is 2.87. The van der Waals surface area contributed by atoms with E-state index in [1.807, 2.05) is 18.5 Å². The van der Waals surface area contributed by atoms with Gasteiger partial charge in [0, 0.05) is 18.4 Å². The van der Waals surface area contributed by atoms with Crippen LogP contribution < -0.4 is 0 Å². The topological polar surface area (TPSA) is 62.5 Å². The van der Waals surface area contributed by atoms with Crippen molar-refractivity contribution < 1.29 is 14.7 Å². The Bertz CT molecular complexity index is 659. The van der Waals surface area contributed by atoms with Crippen molar-refractivity contribution in [1.82, 2.24) is 9.47 Å². The zero-order valence-corrected chi connectivity index (χ0v) is 13.5. The molecule has 1 aromatic rings. The molecular formula is C15H16N2O3S2. The third-order valence-electron chi connectivity index (χ3n) is 3.95. The van der Waals surface area contributed by atoms with E-state index in [4.69, 9.17) is 17.3 Å². The SMILES string of the molecule is O=C(O)CN1C(=O)/C(=C/c2ccn(C3CCCC3)c2)SC1=S. The maximum absolute atomic E-state index is 12.2. The summed E-state index contributed by atoms with van der Waals surface area (Å²) in [5.41, 5.74) is 0.947. The highest BCUT2D eigenvalue weighted by molar-refractivity contribution is 8.26. The van der Waals surface area contributed by atoms with Gasteiger partial charge in [-0.25, -0.2) is 0 Å². The number of carboxylic acids is 1. The van der Waals surface area contributed by atoms with E-state index in [0.29, 0.717) is 15.3 Å². The van der Waals surface area contributed by atoms with Gasteiger partial charge in [0.15, 0.2) is 0 Å². The van der Waals surface area contributed by atoms with Crippen molar-refractivity contribution in [1.29, 1.82) is 0 Å². The van der Waals surface area contributed by atoms with Crippen LogP contribution in [0.4, 0.5) is 0 Å². The van der Waals surface area contributed by atoms with Crippen LogP contribution in [0, 0.1) is 0 Å². The lowest BCUT2D eigenvalue weighted by Gasteiger charge is -2.10. The van der Waals surface area contributed by atoms with Crippen LogP contribution in [0.2, 0.25) is 0 Å². The van der Waals surface area contributed by atoms with Gasteiger partial charge in [-0.05, 0) is 30.5 Å². The smallest absolute Gasteiger partial charge is 0.323 e. The van der Waals surface area contributed by atoms with Crippen LogP contribution in [0.3, 0.4) is 0 Å². The Morgan fingerprint density at radius 3 is 2.86 bits per heavy atom. The van der Waals surface area contributed by atoms with Crippen LogP contribution in [0.1, 0.15) is 37.3 Å². The van der Waals surface area contributed by atoms with E-state index >= 15 is 0 Å². The molecule has 2 aliphatic rings. The van der Waals surface area contributed by atoms with Gasteiger partial charge in [0.2, 0.25) is 0 Å². The standard InChI is InChI=1S/C15H16N2O3S2/c18-13(19)9-17-14(20)12(22-15(17)21)7-10-5-6-16(8-10)11-3-1-2-4-11/h5-8,11H,1-4,9H2,(H,18,19)/b12-7-. The van der Waals surface area contributed by atoms with Gasteiger partial charge in [-0.2, -0.15) is 0 Å². The van der Waals surface area contributed by atoms with Crippen molar-refractivity contribution >= 4 is 46.3 Å². The second kappa shape index (κ2) is 6.26. The quantitative estimate of drug-likeness (QED) is 0.677. The molecule has 1 aliphatic heterocycles. The maximum Gasteiger partial charge on any atom is 0.323 e. The first kappa shape index (κ1) is 15.3. The number of aromatic nitrogens is 1. The van der Waals surface area contributed by atoms with Crippen LogP contribution in [0.5, 0.6) is 0 Å². The Kier molecular flexibility index (Phi) is 4.35. The molecular weight excluding hydrogens is 320 g/mol. The lowest BCUT2D eigenvalue weighted by molar-refractivity contribution is -0.140. The fourth-order valence-corrected chi connectivity index (χ4v) is 4.12. The Morgan fingerprint density at radius 2 is 2.18 bits per heavy atom. The molecule has 0 spiro atoms. The van der Waals surface area contributed by atoms with Crippen LogP contribution >= 0.6 is 24.0 Å². The monoisotopic (exact) mass is 336 g/mol. The van der Waals surface area contributed by atoms with E-state index in [9.17, 15) is 9.59 Å². The predicted octanol–water partition coefficient (Wildman–Crippen LogP) is 2.89. The molecule has 0 bridgehead atoms. The van der Waals surface area contributed by atoms with E-state index in [0.717, 1.165) is 22.2 Å². The first-order valence-electron chi connectivity index (χ1n) is 7.19. The van der Waals surface area contributed by atoms with Gasteiger partial charge >= 0.3 is 5.97 Å². The number of carboxylic acid groups (broad SMARTS) is 1. The average Bonchev–Trinajstić information content (AvgIpc) is 3.17. The molecule has 5 nitrogen and oxygen atoms in total. The first-order valence-corrected chi connectivity index (χ1v) is 8.42. The lowest BCUT2D eigenvalue weighted by atomic mass is 10.2. The molecule has 1 amide bonds. The molecule has 1 aromatic heterocycles. The number of thioether (sulfide) groups is 1. The van der Waals surface area contributed by atoms with E-state index in [2.05, 4.69) is 4.57 Å². The molecule has 3 rings (SSSR count). The van der Waals surface area contributed by atoms with Crippen LogP contribution in [-0.4, -0.2) is 37.3 Å². The zero-order valence-electron chi connectivity index (χ0n) is 11.9. The second-order valence-corrected chi connectivity index (χ2v) is 7.17. The number of rotatable bonds is 4. The number of nitrogens with zero attached hydrogens (tertiary/aromatic N) is 2. The van der Waals surface area contributed by atoms with Crippen molar-refractivity contribution in [3.05, 3.63) is 28.9 Å². The van der Waals surface area contributed by atoms with E-state index in [-0.39, 0.29) is 12.5 Å². The molecule has 0 aromatic carbocycles. The third kappa shape index (κ3) is 3.10. The van der Waals surface area contributed by atoms with Crippen molar-refractivity contribution in [2.75, 3.05) is 6.54 Å². The third-order valence-corrected chi connectivity index (χ3v) is 5.33. The van der Waals surface area contributed by atoms with Gasteiger partial charge in [-0.1, -0.05) is 36.8 Å². The molecule has 7 heteroatoms. The summed E-state index contributed by atoms with van der Waals surface area (Å²) in [4.78, 5) is 24.6. The number of thiocarbonyl (C=S) groups is 1. The van der Waals surface area contributed by atoms with Crippen LogP contribution in [0.25, 0.3) is 6.08 Å². The Labute approximate surface area is 138 Å². The number of amides is 1. The van der Waals surface area contributed by atoms with Crippen LogP contribution in [0.15, 0.2) is 23.4 Å². The molecule has 1 saturated heterocycles. The fraction of sp³-hybridized carbons (Fsp3) is 0.400. The molecule has 0 unspecified atom stereocenters. The highest BCUT2D eigenvalue weighted by Crippen LogP contribution is 2.33. The van der Waals surface area contributed by atoms with Gasteiger partial charge in [0.05, 0.1) is 4.91 Å². The highest BCUT2D eigenvalue weighted by Gasteiger charge is 2.33. The molecule has 0 atom stereocenters. The Balaban J connectivity index is 1.76. The zero-order chi connectivity index (χ0) is 15.7. The summed E-state index contributed by atoms with van der Waals surface area (Å²) < 4.78 is 2.51. The average molecular weight is 336 g/mol. The summed E-state index contributed by atoms with van der Waals surface area (Å²) in [5, 5.41) is 8.82.